The highest BCUT2D eigenvalue weighted by atomic mass is 31.2. The SMILES string of the molecule is CCCCC/C=C\C/C=C\C/C=C\C/C=C\CCCC(=O)P(=O)(F)OC. The Morgan fingerprint density at radius 1 is 0.846 bits per heavy atom. The number of hydrogen-bond acceptors (Lipinski definition) is 3. The van der Waals surface area contributed by atoms with Crippen LogP contribution in [-0.2, 0) is 13.9 Å². The summed E-state index contributed by atoms with van der Waals surface area (Å²) < 4.78 is 28.2. The first-order valence-electron chi connectivity index (χ1n) is 9.53. The van der Waals surface area contributed by atoms with E-state index in [1.807, 2.05) is 12.2 Å². The van der Waals surface area contributed by atoms with Gasteiger partial charge in [0.1, 0.15) is 0 Å². The molecule has 1 unspecified atom stereocenters. The molecule has 5 heteroatoms. The van der Waals surface area contributed by atoms with Gasteiger partial charge in [0, 0.05) is 13.5 Å². The zero-order valence-electron chi connectivity index (χ0n) is 16.2. The number of rotatable bonds is 16. The fourth-order valence-corrected chi connectivity index (χ4v) is 2.80. The standard InChI is InChI=1S/C21H34FO3P/c1-3-4-5-6-7-8-9-10-11-12-13-14-15-16-17-18-19-20-21(23)26(22,24)25-2/h7-8,10-11,13-14,16-17H,3-6,9,12,15,18-20H2,1-2H3/b8-7-,11-10-,14-13-,17-16-. The van der Waals surface area contributed by atoms with Crippen LogP contribution in [0.4, 0.5) is 4.20 Å². The van der Waals surface area contributed by atoms with Crippen molar-refractivity contribution < 1.29 is 18.1 Å². The molecule has 26 heavy (non-hydrogen) atoms. The zero-order chi connectivity index (χ0) is 19.5. The predicted octanol–water partition coefficient (Wildman–Crippen LogP) is 7.47. The molecule has 0 saturated heterocycles. The summed E-state index contributed by atoms with van der Waals surface area (Å²) in [6.45, 7) is 2.22. The summed E-state index contributed by atoms with van der Waals surface area (Å²) in [7, 11) is -3.59. The van der Waals surface area contributed by atoms with Crippen LogP contribution >= 0.6 is 7.68 Å². The minimum Gasteiger partial charge on any atom is -0.303 e. The Morgan fingerprint density at radius 2 is 1.31 bits per heavy atom. The van der Waals surface area contributed by atoms with E-state index in [1.54, 1.807) is 0 Å². The van der Waals surface area contributed by atoms with Gasteiger partial charge in [0.05, 0.1) is 0 Å². The van der Waals surface area contributed by atoms with E-state index in [-0.39, 0.29) is 6.42 Å². The lowest BCUT2D eigenvalue weighted by atomic mass is 10.2. The van der Waals surface area contributed by atoms with Gasteiger partial charge in [0.15, 0.2) is 0 Å². The summed E-state index contributed by atoms with van der Waals surface area (Å²) >= 11 is 0. The minimum atomic E-state index is -4.54. The molecule has 0 fully saturated rings. The van der Waals surface area contributed by atoms with Crippen molar-refractivity contribution in [1.82, 2.24) is 0 Å². The van der Waals surface area contributed by atoms with Crippen molar-refractivity contribution in [3.63, 3.8) is 0 Å². The summed E-state index contributed by atoms with van der Waals surface area (Å²) in [4.78, 5) is 11.2. The Kier molecular flexibility index (Phi) is 16.4. The van der Waals surface area contributed by atoms with Gasteiger partial charge in [-0.3, -0.25) is 4.79 Å². The Labute approximate surface area is 158 Å². The maximum Gasteiger partial charge on any atom is 0.432 e. The predicted molar refractivity (Wildman–Crippen MR) is 109 cm³/mol. The second-order valence-electron chi connectivity index (χ2n) is 6.04. The molecular weight excluding hydrogens is 350 g/mol. The third kappa shape index (κ3) is 15.0. The summed E-state index contributed by atoms with van der Waals surface area (Å²) in [6, 6.07) is 0. The molecule has 0 aromatic carbocycles. The minimum absolute atomic E-state index is 0.0559. The normalized spacial score (nSPS) is 14.9. The quantitative estimate of drug-likeness (QED) is 0.157. The third-order valence-electron chi connectivity index (χ3n) is 3.75. The average Bonchev–Trinajstić information content (AvgIpc) is 2.64. The number of carbonyl (C=O) groups is 1. The van der Waals surface area contributed by atoms with E-state index in [1.165, 1.54) is 25.7 Å². The van der Waals surface area contributed by atoms with E-state index in [9.17, 15) is 13.6 Å². The molecule has 0 spiro atoms. The molecule has 0 aliphatic rings. The Balaban J connectivity index is 3.60. The third-order valence-corrected chi connectivity index (χ3v) is 5.04. The van der Waals surface area contributed by atoms with Gasteiger partial charge in [-0.2, -0.15) is 0 Å². The van der Waals surface area contributed by atoms with Crippen LogP contribution in [0.5, 0.6) is 0 Å². The van der Waals surface area contributed by atoms with E-state index in [4.69, 9.17) is 0 Å². The first-order chi connectivity index (χ1) is 12.5. The Bertz CT molecular complexity index is 521. The number of hydrogen-bond donors (Lipinski definition) is 0. The molecule has 0 bridgehead atoms. The van der Waals surface area contributed by atoms with Gasteiger partial charge in [-0.1, -0.05) is 68.4 Å². The maximum atomic E-state index is 13.1. The number of carbonyl (C=O) groups excluding carboxylic acids is 1. The van der Waals surface area contributed by atoms with Crippen molar-refractivity contribution >= 4 is 13.2 Å². The lowest BCUT2D eigenvalue weighted by molar-refractivity contribution is -0.113. The monoisotopic (exact) mass is 384 g/mol. The van der Waals surface area contributed by atoms with Gasteiger partial charge in [-0.25, -0.2) is 4.57 Å². The van der Waals surface area contributed by atoms with Crippen molar-refractivity contribution in [3.05, 3.63) is 48.6 Å². The van der Waals surface area contributed by atoms with Crippen LogP contribution in [0.3, 0.4) is 0 Å². The van der Waals surface area contributed by atoms with Gasteiger partial charge in [-0.05, 0) is 44.9 Å². The molecular formula is C21H34FO3P. The molecule has 0 N–H and O–H groups in total. The van der Waals surface area contributed by atoms with E-state index in [0.717, 1.165) is 26.4 Å². The fraction of sp³-hybridized carbons (Fsp3) is 0.571. The first kappa shape index (κ1) is 24.8. The highest BCUT2D eigenvalue weighted by Gasteiger charge is 2.30. The van der Waals surface area contributed by atoms with Crippen LogP contribution in [0.15, 0.2) is 48.6 Å². The van der Waals surface area contributed by atoms with E-state index >= 15 is 0 Å². The second kappa shape index (κ2) is 17.2. The van der Waals surface area contributed by atoms with Crippen molar-refractivity contribution in [1.29, 1.82) is 0 Å². The lowest BCUT2D eigenvalue weighted by Crippen LogP contribution is -1.97. The second-order valence-corrected chi connectivity index (χ2v) is 7.86. The number of unbranched alkanes of at least 4 members (excludes halogenated alkanes) is 4. The van der Waals surface area contributed by atoms with Crippen LogP contribution in [0, 0.1) is 0 Å². The van der Waals surface area contributed by atoms with Crippen molar-refractivity contribution in [3.8, 4) is 0 Å². The highest BCUT2D eigenvalue weighted by Crippen LogP contribution is 2.49. The molecule has 0 aliphatic heterocycles. The summed E-state index contributed by atoms with van der Waals surface area (Å²) in [5.41, 5.74) is -0.934. The lowest BCUT2D eigenvalue weighted by Gasteiger charge is -2.03. The van der Waals surface area contributed by atoms with E-state index < -0.39 is 13.2 Å². The van der Waals surface area contributed by atoms with Gasteiger partial charge in [-0.15, -0.1) is 4.20 Å². The maximum absolute atomic E-state index is 13.1. The van der Waals surface area contributed by atoms with Crippen LogP contribution in [0.1, 0.15) is 71.1 Å². The van der Waals surface area contributed by atoms with Gasteiger partial charge >= 0.3 is 7.68 Å². The van der Waals surface area contributed by atoms with Crippen molar-refractivity contribution in [2.75, 3.05) is 7.11 Å². The average molecular weight is 384 g/mol. The molecule has 0 aromatic rings. The summed E-state index contributed by atoms with van der Waals surface area (Å²) in [6.07, 6.45) is 25.9. The smallest absolute Gasteiger partial charge is 0.303 e. The topological polar surface area (TPSA) is 43.4 Å². The molecule has 0 radical (unpaired) electrons. The first-order valence-corrected chi connectivity index (χ1v) is 11.0. The summed E-state index contributed by atoms with van der Waals surface area (Å²) in [5.74, 6) is 0. The van der Waals surface area contributed by atoms with E-state index in [0.29, 0.717) is 12.8 Å². The number of halogens is 1. The molecule has 0 aromatic heterocycles. The van der Waals surface area contributed by atoms with Gasteiger partial charge < -0.3 is 4.52 Å². The molecule has 0 rings (SSSR count). The molecule has 1 atom stereocenters. The fourth-order valence-electron chi connectivity index (χ4n) is 2.17. The van der Waals surface area contributed by atoms with Gasteiger partial charge in [0.25, 0.3) is 0 Å². The zero-order valence-corrected chi connectivity index (χ0v) is 17.1. The number of allylic oxidation sites excluding steroid dienone is 8. The molecule has 0 saturated carbocycles. The molecule has 0 heterocycles. The Morgan fingerprint density at radius 3 is 1.77 bits per heavy atom. The molecule has 0 aliphatic carbocycles. The highest BCUT2D eigenvalue weighted by molar-refractivity contribution is 7.71. The van der Waals surface area contributed by atoms with Crippen molar-refractivity contribution in [2.24, 2.45) is 0 Å². The van der Waals surface area contributed by atoms with Crippen LogP contribution in [0.2, 0.25) is 0 Å². The molecule has 3 nitrogen and oxygen atoms in total. The van der Waals surface area contributed by atoms with Crippen molar-refractivity contribution in [2.45, 2.75) is 71.1 Å². The molecule has 148 valence electrons. The van der Waals surface area contributed by atoms with Crippen LogP contribution in [-0.4, -0.2) is 12.6 Å². The van der Waals surface area contributed by atoms with Crippen LogP contribution in [0.25, 0.3) is 0 Å². The largest absolute Gasteiger partial charge is 0.432 e. The Hall–Kier alpha value is -1.25. The molecule has 0 amide bonds. The van der Waals surface area contributed by atoms with Crippen LogP contribution < -0.4 is 0 Å². The van der Waals surface area contributed by atoms with E-state index in [2.05, 4.69) is 47.9 Å². The van der Waals surface area contributed by atoms with Gasteiger partial charge in [0.2, 0.25) is 5.52 Å². The summed E-state index contributed by atoms with van der Waals surface area (Å²) in [5, 5.41) is 0.